The maximum absolute atomic E-state index is 10.4. The van der Waals surface area contributed by atoms with Crippen molar-refractivity contribution in [1.29, 1.82) is 0 Å². The van der Waals surface area contributed by atoms with Crippen LogP contribution in [-0.2, 0) is 24.4 Å². The van der Waals surface area contributed by atoms with E-state index in [1.165, 1.54) is 56.9 Å². The fraction of sp³-hybridized carbons (Fsp3) is 0.571. The van der Waals surface area contributed by atoms with Crippen molar-refractivity contribution in [3.8, 4) is 22.3 Å². The molecule has 0 aromatic heterocycles. The minimum Gasteiger partial charge on any atom is -0.394 e. The molecule has 0 saturated carbocycles. The summed E-state index contributed by atoms with van der Waals surface area (Å²) in [5.41, 5.74) is 7.75. The molecule has 0 bridgehead atoms. The molecule has 308 valence electrons. The van der Waals surface area contributed by atoms with Crippen LogP contribution in [0.5, 0.6) is 0 Å². The Balaban J connectivity index is 1.11. The van der Waals surface area contributed by atoms with Gasteiger partial charge in [-0.05, 0) is 79.0 Å². The molecule has 1 aliphatic carbocycles. The number of thioether (sulfide) groups is 2. The van der Waals surface area contributed by atoms with E-state index >= 15 is 0 Å². The molecule has 8 N–H and O–H groups in total. The highest BCUT2D eigenvalue weighted by atomic mass is 32.2. The minimum absolute atomic E-state index is 0.308. The Morgan fingerprint density at radius 1 is 0.571 bits per heavy atom. The van der Waals surface area contributed by atoms with E-state index in [4.69, 9.17) is 18.9 Å². The van der Waals surface area contributed by atoms with E-state index in [0.29, 0.717) is 37.9 Å². The molecule has 2 aliphatic heterocycles. The molecule has 56 heavy (non-hydrogen) atoms. The van der Waals surface area contributed by atoms with Crippen molar-refractivity contribution in [2.24, 2.45) is 0 Å². The van der Waals surface area contributed by atoms with Gasteiger partial charge in [0.05, 0.1) is 19.8 Å². The zero-order valence-corrected chi connectivity index (χ0v) is 33.5. The second kappa shape index (κ2) is 19.8. The zero-order chi connectivity index (χ0) is 40.0. The molecule has 3 aliphatic rings. The third-order valence-electron chi connectivity index (χ3n) is 11.1. The number of ether oxygens (including phenoxy) is 4. The van der Waals surface area contributed by atoms with Gasteiger partial charge in [-0.15, -0.1) is 23.5 Å². The average Bonchev–Trinajstić information content (AvgIpc) is 3.45. The van der Waals surface area contributed by atoms with Crippen molar-refractivity contribution in [3.05, 3.63) is 82.9 Å². The lowest BCUT2D eigenvalue weighted by molar-refractivity contribution is -0.261. The van der Waals surface area contributed by atoms with Gasteiger partial charge in [0.1, 0.15) is 53.6 Å². The number of aliphatic hydroxyl groups is 8. The summed E-state index contributed by atoms with van der Waals surface area (Å²) in [6.07, 6.45) is -7.78. The lowest BCUT2D eigenvalue weighted by Crippen LogP contribution is -2.57. The van der Waals surface area contributed by atoms with Crippen LogP contribution in [-0.4, -0.2) is 145 Å². The smallest absolute Gasteiger partial charge is 0.185 e. The van der Waals surface area contributed by atoms with Crippen LogP contribution in [0.25, 0.3) is 22.3 Å². The highest BCUT2D eigenvalue weighted by Gasteiger charge is 2.45. The second-order valence-electron chi connectivity index (χ2n) is 15.0. The van der Waals surface area contributed by atoms with Crippen LogP contribution in [0, 0.1) is 13.8 Å². The second-order valence-corrected chi connectivity index (χ2v) is 17.4. The van der Waals surface area contributed by atoms with Gasteiger partial charge in [0, 0.05) is 30.1 Å². The van der Waals surface area contributed by atoms with Gasteiger partial charge in [0.25, 0.3) is 0 Å². The normalized spacial score (nSPS) is 31.3. The van der Waals surface area contributed by atoms with E-state index in [-0.39, 0.29) is 5.41 Å². The van der Waals surface area contributed by atoms with Crippen molar-refractivity contribution in [2.75, 3.05) is 44.5 Å². The maximum atomic E-state index is 10.4. The van der Waals surface area contributed by atoms with E-state index in [2.05, 4.69) is 74.5 Å². The summed E-state index contributed by atoms with van der Waals surface area (Å²) in [6, 6.07) is 22.1. The standard InChI is InChI=1S/C42H56O12S2/c1-24-5-8-26(9-6-24)27-10-12-29-28-11-7-25(2)21-30(28)42(31(29)22-27,14-4-16-52-18-20-56-41-38(49)35(46)36(47)39(50)54-41)13-3-15-51-17-19-55-40-37(48)34(45)33(44)32(23-43)53-40/h5-12,21-22,32-41,43-50H,3-4,13-20,23H2,1-2H3. The summed E-state index contributed by atoms with van der Waals surface area (Å²) >= 11 is 2.49. The maximum Gasteiger partial charge on any atom is 0.185 e. The Morgan fingerprint density at radius 2 is 1.09 bits per heavy atom. The van der Waals surface area contributed by atoms with Crippen molar-refractivity contribution in [2.45, 2.75) is 105 Å². The van der Waals surface area contributed by atoms with E-state index in [9.17, 15) is 40.9 Å². The van der Waals surface area contributed by atoms with Gasteiger partial charge < -0.3 is 59.8 Å². The number of hydrogen-bond donors (Lipinski definition) is 8. The molecular weight excluding hydrogens is 761 g/mol. The Labute approximate surface area is 336 Å². The molecule has 11 atom stereocenters. The van der Waals surface area contributed by atoms with Gasteiger partial charge >= 0.3 is 0 Å². The monoisotopic (exact) mass is 816 g/mol. The van der Waals surface area contributed by atoms with Crippen molar-refractivity contribution >= 4 is 23.5 Å². The molecule has 3 aromatic carbocycles. The highest BCUT2D eigenvalue weighted by Crippen LogP contribution is 2.55. The molecule has 11 unspecified atom stereocenters. The molecule has 14 heteroatoms. The number of rotatable bonds is 18. The number of hydrogen-bond acceptors (Lipinski definition) is 14. The first-order valence-electron chi connectivity index (χ1n) is 19.3. The van der Waals surface area contributed by atoms with E-state index in [0.717, 1.165) is 36.8 Å². The molecule has 2 saturated heterocycles. The summed E-state index contributed by atoms with van der Waals surface area (Å²) in [4.78, 5) is 0. The molecule has 2 heterocycles. The lowest BCUT2D eigenvalue weighted by atomic mass is 9.71. The number of benzene rings is 3. The van der Waals surface area contributed by atoms with Crippen LogP contribution in [0.4, 0.5) is 0 Å². The van der Waals surface area contributed by atoms with Crippen LogP contribution in [0.1, 0.15) is 47.9 Å². The summed E-state index contributed by atoms with van der Waals surface area (Å²) in [5.74, 6) is 0.947. The largest absolute Gasteiger partial charge is 0.394 e. The van der Waals surface area contributed by atoms with Crippen molar-refractivity contribution in [3.63, 3.8) is 0 Å². The third kappa shape index (κ3) is 9.67. The van der Waals surface area contributed by atoms with Gasteiger partial charge in [-0.1, -0.05) is 65.7 Å². The molecule has 0 spiro atoms. The fourth-order valence-electron chi connectivity index (χ4n) is 7.97. The van der Waals surface area contributed by atoms with Gasteiger partial charge in [-0.25, -0.2) is 0 Å². The Bertz CT molecular complexity index is 1710. The van der Waals surface area contributed by atoms with E-state index < -0.39 is 66.5 Å². The quantitative estimate of drug-likeness (QED) is 0.0873. The summed E-state index contributed by atoms with van der Waals surface area (Å²) in [5, 5.41) is 80.0. The average molecular weight is 817 g/mol. The molecule has 0 radical (unpaired) electrons. The van der Waals surface area contributed by atoms with E-state index in [1.54, 1.807) is 0 Å². The Morgan fingerprint density at radius 3 is 1.70 bits per heavy atom. The van der Waals surface area contributed by atoms with Gasteiger partial charge in [0.15, 0.2) is 6.29 Å². The molecule has 0 amide bonds. The van der Waals surface area contributed by atoms with Crippen LogP contribution >= 0.6 is 23.5 Å². The van der Waals surface area contributed by atoms with Crippen LogP contribution in [0.15, 0.2) is 60.7 Å². The topological polar surface area (TPSA) is 199 Å². The summed E-state index contributed by atoms with van der Waals surface area (Å²) < 4.78 is 23.1. The van der Waals surface area contributed by atoms with Gasteiger partial charge in [0.2, 0.25) is 0 Å². The van der Waals surface area contributed by atoms with Crippen molar-refractivity contribution < 1.29 is 59.8 Å². The summed E-state index contributed by atoms with van der Waals surface area (Å²) in [6.45, 7) is 5.51. The molecule has 6 rings (SSSR count). The number of fused-ring (bicyclic) bond motifs is 3. The highest BCUT2D eigenvalue weighted by molar-refractivity contribution is 8.00. The lowest BCUT2D eigenvalue weighted by Gasteiger charge is -2.39. The predicted molar refractivity (Wildman–Crippen MR) is 215 cm³/mol. The van der Waals surface area contributed by atoms with Crippen LogP contribution < -0.4 is 0 Å². The van der Waals surface area contributed by atoms with Gasteiger partial charge in [-0.3, -0.25) is 0 Å². The number of aliphatic hydroxyl groups excluding tert-OH is 8. The first-order chi connectivity index (χ1) is 26.9. The van der Waals surface area contributed by atoms with Gasteiger partial charge in [-0.2, -0.15) is 0 Å². The first kappa shape index (κ1) is 43.5. The molecule has 2 fully saturated rings. The predicted octanol–water partition coefficient (Wildman–Crippen LogP) is 2.85. The number of aryl methyl sites for hydroxylation is 2. The SMILES string of the molecule is Cc1ccc(-c2ccc3c(c2)C(CCCOCCSC2OC(O)C(O)C(O)C2O)(CCCOCCSC2OC(CO)C(O)C(O)C2O)c2cc(C)ccc2-3)cc1. The molecule has 12 nitrogen and oxygen atoms in total. The van der Waals surface area contributed by atoms with Crippen LogP contribution in [0.3, 0.4) is 0 Å². The fourth-order valence-corrected chi connectivity index (χ4v) is 10.00. The Kier molecular flexibility index (Phi) is 15.3. The Hall–Kier alpha value is -2.12. The van der Waals surface area contributed by atoms with E-state index in [1.807, 2.05) is 0 Å². The first-order valence-corrected chi connectivity index (χ1v) is 21.4. The molecule has 3 aromatic rings. The third-order valence-corrected chi connectivity index (χ3v) is 13.3. The molecular formula is C42H56O12S2. The van der Waals surface area contributed by atoms with Crippen molar-refractivity contribution in [1.82, 2.24) is 0 Å². The summed E-state index contributed by atoms with van der Waals surface area (Å²) in [7, 11) is 0. The van der Waals surface area contributed by atoms with Crippen LogP contribution in [0.2, 0.25) is 0 Å². The zero-order valence-electron chi connectivity index (χ0n) is 31.9. The minimum atomic E-state index is -1.57.